The van der Waals surface area contributed by atoms with E-state index in [1.165, 1.54) is 0 Å². The van der Waals surface area contributed by atoms with Crippen LogP contribution < -0.4 is 5.73 Å². The van der Waals surface area contributed by atoms with Crippen molar-refractivity contribution in [1.29, 1.82) is 0 Å². The van der Waals surface area contributed by atoms with Crippen LogP contribution in [0.25, 0.3) is 0 Å². The van der Waals surface area contributed by atoms with Crippen LogP contribution in [0.5, 0.6) is 0 Å². The highest BCUT2D eigenvalue weighted by Gasteiger charge is 2.06. The van der Waals surface area contributed by atoms with Crippen LogP contribution in [0.3, 0.4) is 0 Å². The average Bonchev–Trinajstić information content (AvgIpc) is 1.62. The molecule has 5 nitrogen and oxygen atoms in total. The van der Waals surface area contributed by atoms with E-state index in [0.29, 0.717) is 0 Å². The minimum Gasteiger partial charge on any atom is -0.344 e. The second-order valence-corrected chi connectivity index (χ2v) is 2.94. The number of carbonyl (C=O) groups is 1. The van der Waals surface area contributed by atoms with Gasteiger partial charge in [-0.1, -0.05) is 0 Å². The van der Waals surface area contributed by atoms with Crippen molar-refractivity contribution in [3.05, 3.63) is 0 Å². The van der Waals surface area contributed by atoms with Gasteiger partial charge in [0.2, 0.25) is 0 Å². The maximum Gasteiger partial charge on any atom is 0.335 e. The molecule has 54 valence electrons. The molecule has 0 aliphatic rings. The molecule has 0 radical (unpaired) electrons. The van der Waals surface area contributed by atoms with E-state index < -0.39 is 22.6 Å². The summed E-state index contributed by atoms with van der Waals surface area (Å²) in [7, 11) is -3.66. The zero-order chi connectivity index (χ0) is 7.49. The maximum atomic E-state index is 10.1. The summed E-state index contributed by atoms with van der Waals surface area (Å²) in [5, 5.41) is 0. The highest BCUT2D eigenvalue weighted by Crippen LogP contribution is 1.84. The van der Waals surface area contributed by atoms with Crippen molar-refractivity contribution in [2.75, 3.05) is 12.8 Å². The molecule has 0 saturated carbocycles. The Labute approximate surface area is 52.9 Å². The minimum absolute atomic E-state index is 0.424. The Kier molecular flexibility index (Phi) is 2.60. The summed E-state index contributed by atoms with van der Waals surface area (Å²) in [4.78, 5) is 10.1. The van der Waals surface area contributed by atoms with E-state index in [2.05, 4.69) is 4.18 Å². The zero-order valence-corrected chi connectivity index (χ0v) is 5.64. The molecule has 0 spiro atoms. The third-order valence-electron chi connectivity index (χ3n) is 0.411. The number of rotatable bonds is 2. The highest BCUT2D eigenvalue weighted by atomic mass is 32.2. The highest BCUT2D eigenvalue weighted by molar-refractivity contribution is 7.86. The summed E-state index contributed by atoms with van der Waals surface area (Å²) >= 11 is 0. The Morgan fingerprint density at radius 1 is 1.67 bits per heavy atom. The lowest BCUT2D eigenvalue weighted by atomic mass is 10.7. The van der Waals surface area contributed by atoms with Crippen molar-refractivity contribution in [1.82, 2.24) is 0 Å². The first-order chi connectivity index (χ1) is 3.95. The Morgan fingerprint density at radius 2 is 2.11 bits per heavy atom. The third-order valence-corrected chi connectivity index (χ3v) is 0.900. The molecule has 0 amide bonds. The lowest BCUT2D eigenvalue weighted by molar-refractivity contribution is -0.132. The van der Waals surface area contributed by atoms with Gasteiger partial charge in [-0.2, -0.15) is 8.42 Å². The van der Waals surface area contributed by atoms with E-state index >= 15 is 0 Å². The van der Waals surface area contributed by atoms with Gasteiger partial charge in [-0.3, -0.25) is 0 Å². The van der Waals surface area contributed by atoms with Crippen LogP contribution in [0.4, 0.5) is 0 Å². The molecule has 0 aromatic heterocycles. The molecule has 2 N–H and O–H groups in total. The average molecular weight is 153 g/mol. The molecule has 0 heterocycles. The van der Waals surface area contributed by atoms with Crippen LogP contribution in [0, 0.1) is 0 Å². The number of nitrogens with two attached hydrogens (primary N) is 1. The maximum absolute atomic E-state index is 10.1. The molecular formula is C3H7NO4S. The fraction of sp³-hybridized carbons (Fsp3) is 0.667. The first-order valence-electron chi connectivity index (χ1n) is 2.08. The molecule has 0 aliphatic carbocycles. The van der Waals surface area contributed by atoms with Crippen LogP contribution >= 0.6 is 0 Å². The summed E-state index contributed by atoms with van der Waals surface area (Å²) in [6.07, 6.45) is 0.778. The van der Waals surface area contributed by atoms with Crippen LogP contribution in [-0.4, -0.2) is 27.2 Å². The fourth-order valence-corrected chi connectivity index (χ4v) is 0.609. The zero-order valence-electron chi connectivity index (χ0n) is 4.83. The van der Waals surface area contributed by atoms with E-state index in [-0.39, 0.29) is 0 Å². The molecule has 0 bridgehead atoms. The van der Waals surface area contributed by atoms with Crippen LogP contribution in [0.1, 0.15) is 0 Å². The van der Waals surface area contributed by atoms with Gasteiger partial charge in [-0.05, 0) is 0 Å². The minimum atomic E-state index is -3.66. The van der Waals surface area contributed by atoms with Crippen molar-refractivity contribution in [2.24, 2.45) is 5.73 Å². The second kappa shape index (κ2) is 2.79. The van der Waals surface area contributed by atoms with Crippen molar-refractivity contribution in [3.63, 3.8) is 0 Å². The second-order valence-electron chi connectivity index (χ2n) is 1.36. The van der Waals surface area contributed by atoms with Crippen molar-refractivity contribution < 1.29 is 17.4 Å². The summed E-state index contributed by atoms with van der Waals surface area (Å²) in [5.41, 5.74) is 4.74. The topological polar surface area (TPSA) is 86.5 Å². The molecular weight excluding hydrogens is 146 g/mol. The van der Waals surface area contributed by atoms with Crippen molar-refractivity contribution in [2.45, 2.75) is 0 Å². The van der Waals surface area contributed by atoms with Crippen LogP contribution in [0.2, 0.25) is 0 Å². The molecule has 0 aromatic carbocycles. The first-order valence-corrected chi connectivity index (χ1v) is 3.89. The molecule has 0 aromatic rings. The summed E-state index contributed by atoms with van der Waals surface area (Å²) in [5.74, 6) is -0.947. The van der Waals surface area contributed by atoms with Gasteiger partial charge >= 0.3 is 16.1 Å². The molecule has 0 saturated heterocycles. The molecule has 0 aliphatic heterocycles. The summed E-state index contributed by atoms with van der Waals surface area (Å²) in [6, 6.07) is 0. The van der Waals surface area contributed by atoms with Gasteiger partial charge in [-0.15, -0.1) is 0 Å². The van der Waals surface area contributed by atoms with E-state index in [9.17, 15) is 13.2 Å². The van der Waals surface area contributed by atoms with E-state index in [1.54, 1.807) is 0 Å². The van der Waals surface area contributed by atoms with Gasteiger partial charge in [0.15, 0.2) is 0 Å². The van der Waals surface area contributed by atoms with Crippen molar-refractivity contribution >= 4 is 16.1 Å². The van der Waals surface area contributed by atoms with Gasteiger partial charge in [0, 0.05) is 0 Å². The Morgan fingerprint density at radius 3 is 2.22 bits per heavy atom. The molecule has 6 heteroatoms. The normalized spacial score (nSPS) is 10.9. The predicted octanol–water partition coefficient (Wildman–Crippen LogP) is -1.55. The number of hydrogen-bond acceptors (Lipinski definition) is 5. The van der Waals surface area contributed by atoms with Gasteiger partial charge in [0.05, 0.1) is 12.8 Å². The van der Waals surface area contributed by atoms with Gasteiger partial charge in [-0.25, -0.2) is 4.79 Å². The smallest absolute Gasteiger partial charge is 0.335 e. The summed E-state index contributed by atoms with van der Waals surface area (Å²) in [6.45, 7) is -0.424. The first kappa shape index (κ1) is 8.38. The van der Waals surface area contributed by atoms with E-state index in [1.807, 2.05) is 0 Å². The quantitative estimate of drug-likeness (QED) is 0.485. The van der Waals surface area contributed by atoms with E-state index in [4.69, 9.17) is 5.73 Å². The SMILES string of the molecule is CS(=O)(=O)OC(=O)CN. The third kappa shape index (κ3) is 5.25. The molecule has 0 rings (SSSR count). The Hall–Kier alpha value is -0.620. The molecule has 9 heavy (non-hydrogen) atoms. The lowest BCUT2D eigenvalue weighted by Crippen LogP contribution is -2.19. The molecule has 0 unspecified atom stereocenters. The number of hydrogen-bond donors (Lipinski definition) is 1. The predicted molar refractivity (Wildman–Crippen MR) is 30.0 cm³/mol. The molecule has 0 fully saturated rings. The van der Waals surface area contributed by atoms with Gasteiger partial charge in [0.25, 0.3) is 0 Å². The van der Waals surface area contributed by atoms with E-state index in [0.717, 1.165) is 6.26 Å². The standard InChI is InChI=1S/C3H7NO4S/c1-9(6,7)8-3(5)2-4/h2,4H2,1H3. The van der Waals surface area contributed by atoms with Crippen LogP contribution in [0.15, 0.2) is 0 Å². The summed E-state index contributed by atoms with van der Waals surface area (Å²) < 4.78 is 24.0. The van der Waals surface area contributed by atoms with Crippen LogP contribution in [-0.2, 0) is 19.1 Å². The van der Waals surface area contributed by atoms with Gasteiger partial charge in [0.1, 0.15) is 0 Å². The monoisotopic (exact) mass is 153 g/mol. The Balaban J connectivity index is 3.91. The van der Waals surface area contributed by atoms with Gasteiger partial charge < -0.3 is 9.92 Å². The largest absolute Gasteiger partial charge is 0.344 e. The fourth-order valence-electron chi connectivity index (χ4n) is 0.203. The lowest BCUT2D eigenvalue weighted by Gasteiger charge is -1.95. The number of carbonyl (C=O) groups excluding carboxylic acids is 1. The molecule has 0 atom stereocenters. The van der Waals surface area contributed by atoms with Crippen molar-refractivity contribution in [3.8, 4) is 0 Å². The Bertz CT molecular complexity index is 194.